The van der Waals surface area contributed by atoms with Gasteiger partial charge in [0.2, 0.25) is 17.6 Å². The fraction of sp³-hybridized carbons (Fsp3) is 0.837. The van der Waals surface area contributed by atoms with Crippen molar-refractivity contribution in [2.24, 2.45) is 5.41 Å². The number of rotatable bonds is 17. The van der Waals surface area contributed by atoms with Gasteiger partial charge in [-0.25, -0.2) is 4.79 Å². The number of hydrogen-bond acceptors (Lipinski definition) is 6. The summed E-state index contributed by atoms with van der Waals surface area (Å²) in [7, 11) is -1.18. The number of unbranched alkanes of at least 4 members (excludes halogenated alkanes) is 2. The molecule has 324 valence electrons. The summed E-state index contributed by atoms with van der Waals surface area (Å²) in [5, 5.41) is 11.0. The molecule has 4 N–H and O–H groups in total. The Morgan fingerprint density at radius 2 is 1.36 bits per heavy atom. The molecule has 1 saturated heterocycles. The lowest BCUT2D eigenvalue weighted by Crippen LogP contribution is -2.60. The molecule has 12 heteroatoms. The lowest BCUT2D eigenvalue weighted by Gasteiger charge is -2.36. The summed E-state index contributed by atoms with van der Waals surface area (Å²) in [6.07, 6.45) is 13.3. The van der Waals surface area contributed by atoms with Crippen molar-refractivity contribution in [2.45, 2.75) is 210 Å². The van der Waals surface area contributed by atoms with Crippen LogP contribution in [0.25, 0.3) is 0 Å². The predicted molar refractivity (Wildman–Crippen MR) is 233 cm³/mol. The van der Waals surface area contributed by atoms with E-state index in [0.29, 0.717) is 44.5 Å². The molecule has 0 saturated carbocycles. The summed E-state index contributed by atoms with van der Waals surface area (Å²) >= 11 is 0. The van der Waals surface area contributed by atoms with E-state index in [1.807, 2.05) is 76.2 Å². The van der Waals surface area contributed by atoms with Crippen molar-refractivity contribution in [1.29, 1.82) is 0 Å². The summed E-state index contributed by atoms with van der Waals surface area (Å²) in [4.78, 5) is 67.3. The molecule has 0 aromatic carbocycles. The predicted octanol–water partition coefficient (Wildman–Crippen LogP) is 8.07. The lowest BCUT2D eigenvalue weighted by molar-refractivity contribution is -0.143. The number of carbonyl (C=O) groups is 5. The molecule has 0 radical (unpaired) electrons. The van der Waals surface area contributed by atoms with Crippen molar-refractivity contribution in [3.8, 4) is 12.3 Å². The van der Waals surface area contributed by atoms with Crippen LogP contribution in [-0.2, 0) is 30.0 Å². The number of urea groups is 1. The van der Waals surface area contributed by atoms with E-state index in [1.165, 1.54) is 17.7 Å². The molecule has 0 aromatic heterocycles. The van der Waals surface area contributed by atoms with Crippen LogP contribution < -0.4 is 21.3 Å². The van der Waals surface area contributed by atoms with Crippen LogP contribution in [0.1, 0.15) is 181 Å². The smallest absolute Gasteiger partial charge is 0.315 e. The van der Waals surface area contributed by atoms with Gasteiger partial charge in [-0.2, -0.15) is 0 Å². The number of terminal acetylenes is 1. The van der Waals surface area contributed by atoms with Gasteiger partial charge in [-0.1, -0.05) is 122 Å². The SMILES string of the molecule is C#CCCC(NC(=O)[C@@H]1CCCN1C(=O)C(NC(=O)NC(CCCCC)CS(=O)C(C)(C)C)C(C)(C)C)C(=O)C(=O)NCCC.CC.CC.CCC.CCC. The molecule has 55 heavy (non-hydrogen) atoms. The van der Waals surface area contributed by atoms with Gasteiger partial charge in [-0.15, -0.1) is 12.3 Å². The monoisotopic (exact) mass is 800 g/mol. The average molecular weight is 800 g/mol. The molecule has 1 aliphatic rings. The second-order valence-corrected chi connectivity index (χ2v) is 17.5. The van der Waals surface area contributed by atoms with Crippen LogP contribution in [0.2, 0.25) is 0 Å². The zero-order valence-electron chi connectivity index (χ0n) is 38.1. The van der Waals surface area contributed by atoms with Gasteiger partial charge in [0.1, 0.15) is 12.1 Å². The molecule has 4 unspecified atom stereocenters. The Balaban J connectivity index is -0.00000118. The van der Waals surface area contributed by atoms with E-state index in [4.69, 9.17) is 6.42 Å². The fourth-order valence-corrected chi connectivity index (χ4v) is 6.11. The van der Waals surface area contributed by atoms with Crippen LogP contribution in [0.3, 0.4) is 0 Å². The standard InChI is InChI=1S/C33H57N5O6S.2C3H8.2C2H6/c1-10-13-15-17-23(22-45(44)33(7,8)9)35-31(43)37-27(32(4,5)6)30(42)38-21-16-19-25(38)28(40)36-24(18-14-11-2)26(39)29(41)34-20-12-3;2*1-3-2;2*1-2/h2,23-25,27H,10,12-22H2,1,3-9H3,(H,34,41)(H,36,40)(H2,35,37,43);2*3H2,1-2H3;2*1-2H3/t23?,24?,25-,27?,45?;;;;/m0..../s1. The topological polar surface area (TPSA) is 154 Å². The molecule has 0 spiro atoms. The molecule has 1 fully saturated rings. The Morgan fingerprint density at radius 3 is 1.82 bits per heavy atom. The average Bonchev–Trinajstić information content (AvgIpc) is 3.63. The van der Waals surface area contributed by atoms with Crippen molar-refractivity contribution in [1.82, 2.24) is 26.2 Å². The van der Waals surface area contributed by atoms with Crippen LogP contribution in [0.4, 0.5) is 4.79 Å². The highest BCUT2D eigenvalue weighted by atomic mass is 32.2. The first-order chi connectivity index (χ1) is 25.8. The lowest BCUT2D eigenvalue weighted by atomic mass is 9.85. The minimum Gasteiger partial charge on any atom is -0.349 e. The third-order valence-electron chi connectivity index (χ3n) is 7.72. The number of carbonyl (C=O) groups excluding carboxylic acids is 5. The molecular formula is C43H85N5O6S. The van der Waals surface area contributed by atoms with E-state index in [2.05, 4.69) is 61.8 Å². The van der Waals surface area contributed by atoms with Crippen molar-refractivity contribution >= 4 is 40.3 Å². The van der Waals surface area contributed by atoms with E-state index in [0.717, 1.165) is 19.3 Å². The maximum absolute atomic E-state index is 14.0. The Kier molecular flexibility index (Phi) is 36.7. The maximum Gasteiger partial charge on any atom is 0.315 e. The van der Waals surface area contributed by atoms with Gasteiger partial charge in [-0.05, 0) is 58.3 Å². The molecule has 0 aromatic rings. The Hall–Kier alpha value is -2.94. The normalized spacial score (nSPS) is 15.4. The molecule has 0 bridgehead atoms. The number of ketones is 1. The first kappa shape index (κ1) is 58.8. The summed E-state index contributed by atoms with van der Waals surface area (Å²) in [6, 6.07) is -3.82. The number of hydrogen-bond donors (Lipinski definition) is 4. The molecule has 11 nitrogen and oxygen atoms in total. The van der Waals surface area contributed by atoms with Gasteiger partial charge >= 0.3 is 6.03 Å². The van der Waals surface area contributed by atoms with Crippen LogP contribution in [0.15, 0.2) is 0 Å². The minimum atomic E-state index is -1.18. The van der Waals surface area contributed by atoms with E-state index < -0.39 is 68.6 Å². The minimum absolute atomic E-state index is 0.0903. The first-order valence-electron chi connectivity index (χ1n) is 21.1. The Bertz CT molecular complexity index is 1120. The third kappa shape index (κ3) is 26.5. The highest BCUT2D eigenvalue weighted by Gasteiger charge is 2.43. The first-order valence-corrected chi connectivity index (χ1v) is 22.4. The van der Waals surface area contributed by atoms with Crippen molar-refractivity contribution in [3.63, 3.8) is 0 Å². The van der Waals surface area contributed by atoms with E-state index >= 15 is 0 Å². The molecule has 1 aliphatic heterocycles. The summed E-state index contributed by atoms with van der Waals surface area (Å²) < 4.78 is 12.5. The zero-order chi connectivity index (χ0) is 43.8. The van der Waals surface area contributed by atoms with Gasteiger partial charge in [-0.3, -0.25) is 23.4 Å². The maximum atomic E-state index is 14.0. The second-order valence-electron chi connectivity index (χ2n) is 15.3. The van der Waals surface area contributed by atoms with Gasteiger partial charge in [0.15, 0.2) is 0 Å². The molecule has 5 atom stereocenters. The van der Waals surface area contributed by atoms with Crippen molar-refractivity contribution in [2.75, 3.05) is 18.8 Å². The van der Waals surface area contributed by atoms with Crippen LogP contribution in [-0.4, -0.2) is 86.4 Å². The number of nitrogens with zero attached hydrogens (tertiary/aromatic N) is 1. The van der Waals surface area contributed by atoms with Gasteiger partial charge in [0.25, 0.3) is 5.91 Å². The van der Waals surface area contributed by atoms with Crippen LogP contribution in [0.5, 0.6) is 0 Å². The number of likely N-dealkylation sites (tertiary alicyclic amines) is 1. The highest BCUT2D eigenvalue weighted by molar-refractivity contribution is 7.86. The molecule has 1 heterocycles. The molecular weight excluding hydrogens is 715 g/mol. The van der Waals surface area contributed by atoms with E-state index in [-0.39, 0.29) is 18.9 Å². The number of amides is 5. The number of Topliss-reactive ketones (excluding diaryl/α,β-unsaturated/α-hetero) is 1. The quantitative estimate of drug-likeness (QED) is 0.0664. The van der Waals surface area contributed by atoms with E-state index in [1.54, 1.807) is 0 Å². The molecule has 0 aliphatic carbocycles. The molecule has 5 amide bonds. The van der Waals surface area contributed by atoms with Crippen LogP contribution in [0, 0.1) is 17.8 Å². The number of nitrogens with one attached hydrogen (secondary N) is 4. The summed E-state index contributed by atoms with van der Waals surface area (Å²) in [5.74, 6) is 0.210. The summed E-state index contributed by atoms with van der Waals surface area (Å²) in [6.45, 7) is 32.3. The van der Waals surface area contributed by atoms with Gasteiger partial charge in [0, 0.05) is 46.9 Å². The van der Waals surface area contributed by atoms with Gasteiger partial charge in [0.05, 0.1) is 6.04 Å². The second kappa shape index (κ2) is 34.3. The fourth-order valence-electron chi connectivity index (χ4n) is 4.99. The third-order valence-corrected chi connectivity index (χ3v) is 9.79. The Labute approximate surface area is 340 Å². The Morgan fingerprint density at radius 1 is 0.818 bits per heavy atom. The van der Waals surface area contributed by atoms with Crippen LogP contribution >= 0.6 is 0 Å². The summed E-state index contributed by atoms with van der Waals surface area (Å²) in [5.41, 5.74) is -0.702. The largest absolute Gasteiger partial charge is 0.349 e. The highest BCUT2D eigenvalue weighted by Crippen LogP contribution is 2.26. The zero-order valence-corrected chi connectivity index (χ0v) is 38.9. The van der Waals surface area contributed by atoms with Crippen molar-refractivity contribution < 1.29 is 28.2 Å². The van der Waals surface area contributed by atoms with Gasteiger partial charge < -0.3 is 26.2 Å². The van der Waals surface area contributed by atoms with E-state index in [9.17, 15) is 28.2 Å². The van der Waals surface area contributed by atoms with Crippen molar-refractivity contribution in [3.05, 3.63) is 0 Å². The molecule has 1 rings (SSSR count).